The molecule has 0 amide bonds. The van der Waals surface area contributed by atoms with Crippen LogP contribution in [0.3, 0.4) is 0 Å². The summed E-state index contributed by atoms with van der Waals surface area (Å²) in [6.45, 7) is 10.9. The molecule has 0 saturated heterocycles. The molecule has 37 heavy (non-hydrogen) atoms. The Bertz CT molecular complexity index is 798. The molecule has 6 nitrogen and oxygen atoms in total. The van der Waals surface area contributed by atoms with E-state index < -0.39 is 5.79 Å². The maximum absolute atomic E-state index is 12.1. The molecule has 1 aliphatic rings. The van der Waals surface area contributed by atoms with Crippen molar-refractivity contribution in [3.63, 3.8) is 0 Å². The monoisotopic (exact) mass is 540 g/mol. The van der Waals surface area contributed by atoms with Gasteiger partial charge in [-0.15, -0.1) is 0 Å². The quantitative estimate of drug-likeness (QED) is 0.158. The second-order valence-electron chi connectivity index (χ2n) is 11.6. The molecule has 0 atom stereocenters. The van der Waals surface area contributed by atoms with Crippen molar-refractivity contribution < 1.29 is 35.9 Å². The number of esters is 1. The maximum Gasteiger partial charge on any atom is 0.305 e. The van der Waals surface area contributed by atoms with E-state index in [0.717, 1.165) is 59.4 Å². The number of aryl methyl sites for hydroxylation is 1. The van der Waals surface area contributed by atoms with E-state index in [0.29, 0.717) is 19.6 Å². The van der Waals surface area contributed by atoms with Crippen LogP contribution in [0.4, 0.5) is 0 Å². The summed E-state index contributed by atoms with van der Waals surface area (Å²) in [5.41, 5.74) is 3.16. The Morgan fingerprint density at radius 1 is 1.00 bits per heavy atom. The molecule has 0 radical (unpaired) electrons. The summed E-state index contributed by atoms with van der Waals surface area (Å²) >= 11 is 0. The highest BCUT2D eigenvalue weighted by atomic mass is 35.5. The van der Waals surface area contributed by atoms with Gasteiger partial charge in [-0.25, -0.2) is 0 Å². The van der Waals surface area contributed by atoms with Crippen LogP contribution < -0.4 is 17.1 Å². The van der Waals surface area contributed by atoms with Gasteiger partial charge in [0.1, 0.15) is 12.3 Å². The van der Waals surface area contributed by atoms with Gasteiger partial charge in [0.15, 0.2) is 0 Å². The molecule has 1 aromatic rings. The number of hydrogen-bond acceptors (Lipinski definition) is 5. The Hall–Kier alpha value is -1.37. The van der Waals surface area contributed by atoms with Crippen molar-refractivity contribution in [2.24, 2.45) is 0 Å². The van der Waals surface area contributed by atoms with E-state index in [9.17, 15) is 4.79 Å². The van der Waals surface area contributed by atoms with Crippen molar-refractivity contribution >= 4 is 5.97 Å². The predicted molar refractivity (Wildman–Crippen MR) is 146 cm³/mol. The second kappa shape index (κ2) is 17.3. The highest BCUT2D eigenvalue weighted by molar-refractivity contribution is 5.69. The summed E-state index contributed by atoms with van der Waals surface area (Å²) in [6, 6.07) is 0. The average Bonchev–Trinajstić information content (AvgIpc) is 2.81. The molecule has 0 spiro atoms. The van der Waals surface area contributed by atoms with Gasteiger partial charge in [0.05, 0.1) is 39.5 Å². The number of unbranched alkanes of at least 4 members (excludes halogenated alkanes) is 10. The fraction of sp³-hybridized carbons (Fsp3) is 0.800. The lowest BCUT2D eigenvalue weighted by molar-refractivity contribution is -0.903. The van der Waals surface area contributed by atoms with Crippen LogP contribution in [0.15, 0.2) is 6.20 Å². The minimum Gasteiger partial charge on any atom is -1.00 e. The first-order valence-electron chi connectivity index (χ1n) is 14.4. The summed E-state index contributed by atoms with van der Waals surface area (Å²) < 4.78 is 18.3. The summed E-state index contributed by atoms with van der Waals surface area (Å²) in [6.07, 6.45) is 17.5. The van der Waals surface area contributed by atoms with Gasteiger partial charge in [0, 0.05) is 44.0 Å². The maximum atomic E-state index is 12.1. The van der Waals surface area contributed by atoms with E-state index in [4.69, 9.17) is 14.2 Å². The SMILES string of the molecule is CCCCCCCCCCCCCC(=O)OCCC[N+](C)(C)Cc1cnc(C)c2c1COC(C)(C)O2.[Cl-]. The van der Waals surface area contributed by atoms with Gasteiger partial charge >= 0.3 is 5.97 Å². The van der Waals surface area contributed by atoms with Crippen molar-refractivity contribution in [3.05, 3.63) is 23.0 Å². The lowest BCUT2D eigenvalue weighted by Gasteiger charge is -2.36. The van der Waals surface area contributed by atoms with Crippen LogP contribution in [-0.4, -0.2) is 48.5 Å². The molecule has 0 bridgehead atoms. The molecule has 2 heterocycles. The van der Waals surface area contributed by atoms with Crippen LogP contribution >= 0.6 is 0 Å². The van der Waals surface area contributed by atoms with E-state index in [-0.39, 0.29) is 18.4 Å². The molecule has 0 unspecified atom stereocenters. The predicted octanol–water partition coefficient (Wildman–Crippen LogP) is 4.25. The second-order valence-corrected chi connectivity index (χ2v) is 11.6. The molecule has 1 aromatic heterocycles. The van der Waals surface area contributed by atoms with Crippen molar-refractivity contribution in [3.8, 4) is 5.75 Å². The fourth-order valence-corrected chi connectivity index (χ4v) is 4.85. The van der Waals surface area contributed by atoms with Crippen molar-refractivity contribution in [2.45, 2.75) is 130 Å². The van der Waals surface area contributed by atoms with Gasteiger partial charge in [0.2, 0.25) is 5.79 Å². The zero-order valence-corrected chi connectivity index (χ0v) is 25.3. The standard InChI is InChI=1S/C30H53N2O4.ClH/c1-7-8-9-10-11-12-13-14-15-16-17-19-28(33)34-21-18-20-32(5,6)23-26-22-31-25(2)29-27(26)24-35-30(3,4)36-29;/h22H,7-21,23-24H2,1-6H3;1H/q+1;/p-1. The molecule has 0 aromatic carbocycles. The average molecular weight is 541 g/mol. The Kier molecular flexibility index (Phi) is 15.7. The van der Waals surface area contributed by atoms with E-state index in [1.165, 1.54) is 57.8 Å². The number of carbonyl (C=O) groups excluding carboxylic acids is 1. The normalized spacial score (nSPS) is 14.4. The minimum absolute atomic E-state index is 0. The number of fused-ring (bicyclic) bond motifs is 1. The fourth-order valence-electron chi connectivity index (χ4n) is 4.85. The number of carbonyl (C=O) groups is 1. The van der Waals surface area contributed by atoms with Gasteiger partial charge in [-0.05, 0) is 13.3 Å². The lowest BCUT2D eigenvalue weighted by atomic mass is 10.1. The number of quaternary nitrogens is 1. The van der Waals surface area contributed by atoms with Crippen molar-refractivity contribution in [1.82, 2.24) is 4.98 Å². The number of hydrogen-bond donors (Lipinski definition) is 0. The van der Waals surface area contributed by atoms with Crippen LogP contribution in [0.5, 0.6) is 5.75 Å². The van der Waals surface area contributed by atoms with Crippen LogP contribution in [0.2, 0.25) is 0 Å². The Morgan fingerprint density at radius 3 is 2.22 bits per heavy atom. The highest BCUT2D eigenvalue weighted by Crippen LogP contribution is 2.35. The van der Waals surface area contributed by atoms with Crippen LogP contribution in [0.25, 0.3) is 0 Å². The van der Waals surface area contributed by atoms with Gasteiger partial charge in [-0.1, -0.05) is 71.1 Å². The number of rotatable bonds is 18. The molecule has 0 saturated carbocycles. The first-order valence-corrected chi connectivity index (χ1v) is 14.4. The summed E-state index contributed by atoms with van der Waals surface area (Å²) in [5.74, 6) is 0.185. The lowest BCUT2D eigenvalue weighted by Crippen LogP contribution is -3.00. The van der Waals surface area contributed by atoms with Gasteiger partial charge < -0.3 is 31.1 Å². The Morgan fingerprint density at radius 2 is 1.59 bits per heavy atom. The van der Waals surface area contributed by atoms with Crippen LogP contribution in [0.1, 0.15) is 121 Å². The molecule has 2 rings (SSSR count). The van der Waals surface area contributed by atoms with Crippen molar-refractivity contribution in [2.75, 3.05) is 27.2 Å². The molecule has 0 N–H and O–H groups in total. The molecule has 0 fully saturated rings. The van der Waals surface area contributed by atoms with Crippen LogP contribution in [-0.2, 0) is 27.4 Å². The number of pyridine rings is 1. The highest BCUT2D eigenvalue weighted by Gasteiger charge is 2.32. The zero-order chi connectivity index (χ0) is 26.4. The summed E-state index contributed by atoms with van der Waals surface area (Å²) in [5, 5.41) is 0. The zero-order valence-electron chi connectivity index (χ0n) is 24.5. The summed E-state index contributed by atoms with van der Waals surface area (Å²) in [4.78, 5) is 16.7. The smallest absolute Gasteiger partial charge is 0.305 e. The molecule has 7 heteroatoms. The third kappa shape index (κ3) is 13.3. The Labute approximate surface area is 232 Å². The van der Waals surface area contributed by atoms with E-state index in [2.05, 4.69) is 26.0 Å². The van der Waals surface area contributed by atoms with Gasteiger partial charge in [-0.2, -0.15) is 0 Å². The number of aromatic nitrogens is 1. The van der Waals surface area contributed by atoms with E-state index >= 15 is 0 Å². The topological polar surface area (TPSA) is 57.7 Å². The van der Waals surface area contributed by atoms with Gasteiger partial charge in [0.25, 0.3) is 0 Å². The molecule has 0 aliphatic carbocycles. The third-order valence-corrected chi connectivity index (χ3v) is 7.07. The number of ether oxygens (including phenoxy) is 3. The van der Waals surface area contributed by atoms with E-state index in [1.54, 1.807) is 0 Å². The molecule has 214 valence electrons. The van der Waals surface area contributed by atoms with Gasteiger partial charge in [-0.3, -0.25) is 9.78 Å². The minimum atomic E-state index is -0.625. The summed E-state index contributed by atoms with van der Waals surface area (Å²) in [7, 11) is 4.40. The largest absolute Gasteiger partial charge is 1.00 e. The van der Waals surface area contributed by atoms with Crippen LogP contribution in [0, 0.1) is 6.92 Å². The number of halogens is 1. The first-order chi connectivity index (χ1) is 17.1. The third-order valence-electron chi connectivity index (χ3n) is 7.07. The molecule has 1 aliphatic heterocycles. The number of nitrogens with zero attached hydrogens (tertiary/aromatic N) is 2. The first kappa shape index (κ1) is 33.7. The van der Waals surface area contributed by atoms with E-state index in [1.807, 2.05) is 27.0 Å². The Balaban J connectivity index is 0.00000684. The molecular weight excluding hydrogens is 488 g/mol. The molecular formula is C30H53ClN2O4. The van der Waals surface area contributed by atoms with Crippen molar-refractivity contribution in [1.29, 1.82) is 0 Å².